The molecule has 4 nitrogen and oxygen atoms in total. The van der Waals surface area contributed by atoms with E-state index in [-0.39, 0.29) is 5.78 Å². The molecule has 0 aliphatic heterocycles. The van der Waals surface area contributed by atoms with Gasteiger partial charge in [-0.3, -0.25) is 4.79 Å². The molecule has 5 heteroatoms. The van der Waals surface area contributed by atoms with E-state index in [1.54, 1.807) is 30.3 Å². The molecule has 1 aromatic carbocycles. The summed E-state index contributed by atoms with van der Waals surface area (Å²) in [6.45, 7) is 3.93. The lowest BCUT2D eigenvalue weighted by Crippen LogP contribution is -2.07. The molecule has 0 aromatic heterocycles. The van der Waals surface area contributed by atoms with Crippen LogP contribution in [0.2, 0.25) is 0 Å². The molecule has 0 fully saturated rings. The fourth-order valence-electron chi connectivity index (χ4n) is 0.819. The number of ketones is 1. The second-order valence-electron chi connectivity index (χ2n) is 3.29. The molecule has 0 saturated carbocycles. The SMILES string of the molecule is CCCC.O=C(CO[P+](=O)[O-])c1ccccc1. The van der Waals surface area contributed by atoms with Crippen molar-refractivity contribution in [1.82, 2.24) is 0 Å². The molecular weight excluding hydrogens is 239 g/mol. The standard InChI is InChI=1S/C8H7O4P.C4H10/c9-8(6-12-13(10)11)7-4-2-1-3-5-7;1-3-4-2/h1-5H,6H2;3-4H2,1-2H3. The molecule has 0 aliphatic carbocycles. The number of rotatable bonds is 5. The Morgan fingerprint density at radius 2 is 1.76 bits per heavy atom. The summed E-state index contributed by atoms with van der Waals surface area (Å²) in [5.74, 6) is -0.347. The zero-order valence-corrected chi connectivity index (χ0v) is 11.0. The van der Waals surface area contributed by atoms with Gasteiger partial charge in [0, 0.05) is 5.56 Å². The van der Waals surface area contributed by atoms with Gasteiger partial charge >= 0.3 is 8.25 Å². The van der Waals surface area contributed by atoms with Crippen LogP contribution < -0.4 is 4.89 Å². The number of hydrogen-bond donors (Lipinski definition) is 0. The molecule has 1 aromatic rings. The van der Waals surface area contributed by atoms with E-state index in [0.717, 1.165) is 0 Å². The maximum absolute atomic E-state index is 11.2. The van der Waals surface area contributed by atoms with E-state index in [9.17, 15) is 14.3 Å². The van der Waals surface area contributed by atoms with Gasteiger partial charge in [0.25, 0.3) is 0 Å². The molecule has 17 heavy (non-hydrogen) atoms. The Kier molecular flexibility index (Phi) is 9.44. The van der Waals surface area contributed by atoms with Crippen LogP contribution in [0.25, 0.3) is 0 Å². The first-order valence-electron chi connectivity index (χ1n) is 5.47. The van der Waals surface area contributed by atoms with Crippen molar-refractivity contribution >= 4 is 14.0 Å². The first-order chi connectivity index (χ1) is 8.11. The Labute approximate surface area is 103 Å². The highest BCUT2D eigenvalue weighted by atomic mass is 31.1. The molecule has 0 amide bonds. The predicted molar refractivity (Wildman–Crippen MR) is 64.9 cm³/mol. The normalized spacial score (nSPS) is 10.2. The van der Waals surface area contributed by atoms with E-state index in [2.05, 4.69) is 18.4 Å². The third-order valence-electron chi connectivity index (χ3n) is 1.90. The average molecular weight is 256 g/mol. The summed E-state index contributed by atoms with van der Waals surface area (Å²) >= 11 is 0. The lowest BCUT2D eigenvalue weighted by atomic mass is 10.1. The summed E-state index contributed by atoms with van der Waals surface area (Å²) in [4.78, 5) is 21.2. The number of carbonyl (C=O) groups is 1. The Morgan fingerprint density at radius 3 is 2.18 bits per heavy atom. The predicted octanol–water partition coefficient (Wildman–Crippen LogP) is 2.71. The highest BCUT2D eigenvalue weighted by molar-refractivity contribution is 7.30. The second kappa shape index (κ2) is 10.1. The van der Waals surface area contributed by atoms with Gasteiger partial charge in [-0.05, 0) is 4.57 Å². The fourth-order valence-corrected chi connectivity index (χ4v) is 1.04. The molecule has 0 heterocycles. The van der Waals surface area contributed by atoms with Gasteiger partial charge in [-0.1, -0.05) is 57.0 Å². The van der Waals surface area contributed by atoms with Crippen LogP contribution in [0.4, 0.5) is 0 Å². The molecule has 1 atom stereocenters. The van der Waals surface area contributed by atoms with Gasteiger partial charge in [0.2, 0.25) is 0 Å². The molecule has 0 bridgehead atoms. The quantitative estimate of drug-likeness (QED) is 0.600. The van der Waals surface area contributed by atoms with Gasteiger partial charge in [0.1, 0.15) is 0 Å². The topological polar surface area (TPSA) is 66.4 Å². The van der Waals surface area contributed by atoms with Crippen molar-refractivity contribution in [3.63, 3.8) is 0 Å². The van der Waals surface area contributed by atoms with E-state index in [1.807, 2.05) is 0 Å². The molecule has 0 radical (unpaired) electrons. The van der Waals surface area contributed by atoms with Crippen molar-refractivity contribution in [2.75, 3.05) is 6.61 Å². The fraction of sp³-hybridized carbons (Fsp3) is 0.417. The largest absolute Gasteiger partial charge is 0.566 e. The third-order valence-corrected chi connectivity index (χ3v) is 2.24. The van der Waals surface area contributed by atoms with Gasteiger partial charge in [-0.15, -0.1) is 4.52 Å². The summed E-state index contributed by atoms with van der Waals surface area (Å²) < 4.78 is 14.2. The molecule has 1 rings (SSSR count). The highest BCUT2D eigenvalue weighted by Crippen LogP contribution is 2.10. The summed E-state index contributed by atoms with van der Waals surface area (Å²) in [5.41, 5.74) is 0.444. The number of unbranched alkanes of at least 4 members (excludes halogenated alkanes) is 1. The maximum atomic E-state index is 11.2. The van der Waals surface area contributed by atoms with E-state index in [0.29, 0.717) is 5.56 Å². The molecule has 0 aliphatic rings. The Bertz CT molecular complexity index is 336. The van der Waals surface area contributed by atoms with Crippen molar-refractivity contribution in [2.24, 2.45) is 0 Å². The van der Waals surface area contributed by atoms with Crippen molar-refractivity contribution in [3.8, 4) is 0 Å². The van der Waals surface area contributed by atoms with Crippen LogP contribution in [-0.2, 0) is 9.09 Å². The van der Waals surface area contributed by atoms with Crippen molar-refractivity contribution < 1.29 is 18.8 Å². The Morgan fingerprint density at radius 1 is 1.24 bits per heavy atom. The number of carbonyl (C=O) groups excluding carboxylic acids is 1. The van der Waals surface area contributed by atoms with Crippen molar-refractivity contribution in [2.45, 2.75) is 26.7 Å². The van der Waals surface area contributed by atoms with Crippen LogP contribution in [0.3, 0.4) is 0 Å². The molecule has 0 saturated heterocycles. The van der Waals surface area contributed by atoms with Crippen LogP contribution in [0.1, 0.15) is 37.0 Å². The minimum Gasteiger partial charge on any atom is -0.566 e. The van der Waals surface area contributed by atoms with Crippen LogP contribution in [0.15, 0.2) is 30.3 Å². The number of hydrogen-bond acceptors (Lipinski definition) is 4. The lowest BCUT2D eigenvalue weighted by Gasteiger charge is -1.95. The summed E-state index contributed by atoms with van der Waals surface area (Å²) in [6.07, 6.45) is 2.64. The Balaban J connectivity index is 0.000000557. The van der Waals surface area contributed by atoms with Crippen LogP contribution >= 0.6 is 8.25 Å². The first-order valence-corrected chi connectivity index (χ1v) is 6.56. The van der Waals surface area contributed by atoms with E-state index in [1.165, 1.54) is 12.8 Å². The molecule has 0 N–H and O–H groups in total. The smallest absolute Gasteiger partial charge is 0.488 e. The summed E-state index contributed by atoms with van der Waals surface area (Å²) in [6, 6.07) is 8.37. The van der Waals surface area contributed by atoms with Crippen molar-refractivity contribution in [3.05, 3.63) is 35.9 Å². The maximum Gasteiger partial charge on any atom is 0.488 e. The number of benzene rings is 1. The third kappa shape index (κ3) is 8.69. The summed E-state index contributed by atoms with van der Waals surface area (Å²) in [5, 5.41) is 0. The van der Waals surface area contributed by atoms with E-state index < -0.39 is 14.9 Å². The van der Waals surface area contributed by atoms with E-state index in [4.69, 9.17) is 0 Å². The first kappa shape index (κ1) is 15.9. The minimum absolute atomic E-state index is 0.347. The van der Waals surface area contributed by atoms with Crippen LogP contribution in [-0.4, -0.2) is 12.4 Å². The lowest BCUT2D eigenvalue weighted by molar-refractivity contribution is -0.184. The zero-order chi connectivity index (χ0) is 13.1. The minimum atomic E-state index is -2.94. The summed E-state index contributed by atoms with van der Waals surface area (Å²) in [7, 11) is -2.94. The van der Waals surface area contributed by atoms with Gasteiger partial charge in [0.15, 0.2) is 12.4 Å². The highest BCUT2D eigenvalue weighted by Gasteiger charge is 2.10. The van der Waals surface area contributed by atoms with Crippen molar-refractivity contribution in [1.29, 1.82) is 0 Å². The van der Waals surface area contributed by atoms with Gasteiger partial charge in [-0.2, -0.15) is 0 Å². The van der Waals surface area contributed by atoms with E-state index >= 15 is 0 Å². The average Bonchev–Trinajstić information content (AvgIpc) is 2.37. The monoisotopic (exact) mass is 256 g/mol. The number of Topliss-reactive ketones (excluding diaryl/α,β-unsaturated/α-hetero) is 1. The van der Waals surface area contributed by atoms with Gasteiger partial charge < -0.3 is 4.89 Å². The van der Waals surface area contributed by atoms with Gasteiger partial charge in [-0.25, -0.2) is 0 Å². The molecule has 94 valence electrons. The zero-order valence-electron chi connectivity index (χ0n) is 10.1. The molecule has 1 unspecified atom stereocenters. The second-order valence-corrected chi connectivity index (χ2v) is 3.99. The molecule has 0 spiro atoms. The van der Waals surface area contributed by atoms with Gasteiger partial charge in [0.05, 0.1) is 0 Å². The Hall–Kier alpha value is -1.09. The molecular formula is C12H17O4P. The van der Waals surface area contributed by atoms with Crippen LogP contribution in [0.5, 0.6) is 0 Å². The van der Waals surface area contributed by atoms with Crippen LogP contribution in [0, 0.1) is 0 Å².